The molecule has 0 bridgehead atoms. The number of benzene rings is 1. The van der Waals surface area contributed by atoms with Crippen LogP contribution in [-0.2, 0) is 6.54 Å². The van der Waals surface area contributed by atoms with Gasteiger partial charge in [0.05, 0.1) is 0 Å². The molecule has 1 radical (unpaired) electrons. The van der Waals surface area contributed by atoms with E-state index in [1.807, 2.05) is 12.1 Å². The van der Waals surface area contributed by atoms with E-state index in [9.17, 15) is 0 Å². The second kappa shape index (κ2) is 6.55. The summed E-state index contributed by atoms with van der Waals surface area (Å²) in [5.74, 6) is 1.50. The highest BCUT2D eigenvalue weighted by Crippen LogP contribution is 2.13. The zero-order valence-electron chi connectivity index (χ0n) is 11.3. The average molecular weight is 266 g/mol. The molecule has 0 N–H and O–H groups in total. The molecule has 0 amide bonds. The van der Waals surface area contributed by atoms with E-state index in [0.717, 1.165) is 31.2 Å². The molecule has 1 heterocycles. The van der Waals surface area contributed by atoms with E-state index >= 15 is 0 Å². The van der Waals surface area contributed by atoms with Crippen LogP contribution in [0.5, 0.6) is 0 Å². The molecule has 0 atom stereocenters. The molecule has 1 saturated heterocycles. The van der Waals surface area contributed by atoms with Gasteiger partial charge in [-0.15, -0.1) is 0 Å². The maximum Gasteiger partial charge on any atom is 0.0406 e. The summed E-state index contributed by atoms with van der Waals surface area (Å²) in [5.41, 5.74) is 1.35. The van der Waals surface area contributed by atoms with Crippen LogP contribution in [0.1, 0.15) is 19.4 Å². The molecule has 0 spiro atoms. The third-order valence-electron chi connectivity index (χ3n) is 3.32. The monoisotopic (exact) mass is 265 g/mol. The third kappa shape index (κ3) is 4.27. The van der Waals surface area contributed by atoms with Gasteiger partial charge in [-0.3, -0.25) is 4.90 Å². The van der Waals surface area contributed by atoms with Crippen LogP contribution >= 0.6 is 11.6 Å². The largest absolute Gasteiger partial charge is 0.300 e. The normalized spacial score (nSPS) is 18.4. The number of hydrogen-bond acceptors (Lipinski definition) is 2. The Morgan fingerprint density at radius 2 is 1.56 bits per heavy atom. The van der Waals surface area contributed by atoms with Gasteiger partial charge >= 0.3 is 0 Å². The first kappa shape index (κ1) is 13.9. The minimum atomic E-state index is 0.817. The van der Waals surface area contributed by atoms with Crippen LogP contribution in [0.3, 0.4) is 0 Å². The quantitative estimate of drug-likeness (QED) is 0.826. The number of piperazine rings is 1. The summed E-state index contributed by atoms with van der Waals surface area (Å²) >= 11 is 5.90. The highest BCUT2D eigenvalue weighted by Gasteiger charge is 2.17. The molecule has 0 aromatic heterocycles. The van der Waals surface area contributed by atoms with Crippen molar-refractivity contribution in [3.63, 3.8) is 0 Å². The lowest BCUT2D eigenvalue weighted by atomic mass is 10.1. The summed E-state index contributed by atoms with van der Waals surface area (Å²) in [4.78, 5) is 5.05. The van der Waals surface area contributed by atoms with Crippen LogP contribution in [0.2, 0.25) is 5.02 Å². The van der Waals surface area contributed by atoms with Gasteiger partial charge in [0.1, 0.15) is 0 Å². The predicted octanol–water partition coefficient (Wildman–Crippen LogP) is 3.07. The van der Waals surface area contributed by atoms with E-state index in [2.05, 4.69) is 35.8 Å². The fourth-order valence-electron chi connectivity index (χ4n) is 2.40. The highest BCUT2D eigenvalue weighted by atomic mass is 35.5. The van der Waals surface area contributed by atoms with Crippen LogP contribution in [0.25, 0.3) is 0 Å². The second-order valence-corrected chi connectivity index (χ2v) is 5.82. The van der Waals surface area contributed by atoms with Gasteiger partial charge in [0.2, 0.25) is 0 Å². The van der Waals surface area contributed by atoms with Crippen molar-refractivity contribution in [2.24, 2.45) is 0 Å². The Morgan fingerprint density at radius 1 is 1.00 bits per heavy atom. The van der Waals surface area contributed by atoms with Gasteiger partial charge < -0.3 is 4.90 Å². The van der Waals surface area contributed by atoms with Crippen molar-refractivity contribution in [1.29, 1.82) is 0 Å². The summed E-state index contributed by atoms with van der Waals surface area (Å²) in [5, 5.41) is 0.817. The lowest BCUT2D eigenvalue weighted by Gasteiger charge is -2.35. The van der Waals surface area contributed by atoms with E-state index in [1.54, 1.807) is 0 Å². The lowest BCUT2D eigenvalue weighted by molar-refractivity contribution is 0.131. The van der Waals surface area contributed by atoms with Gasteiger partial charge in [-0.2, -0.15) is 0 Å². The summed E-state index contributed by atoms with van der Waals surface area (Å²) < 4.78 is 0. The van der Waals surface area contributed by atoms with Crippen LogP contribution < -0.4 is 0 Å². The SMILES string of the molecule is C[C](C)CN1CCN(Cc2ccc(Cl)cc2)CC1. The van der Waals surface area contributed by atoms with E-state index in [1.165, 1.54) is 24.6 Å². The lowest BCUT2D eigenvalue weighted by Crippen LogP contribution is -2.46. The van der Waals surface area contributed by atoms with Crippen molar-refractivity contribution in [3.05, 3.63) is 40.8 Å². The molecular formula is C15H22ClN2. The average Bonchev–Trinajstić information content (AvgIpc) is 2.34. The Morgan fingerprint density at radius 3 is 2.11 bits per heavy atom. The predicted molar refractivity (Wildman–Crippen MR) is 77.8 cm³/mol. The van der Waals surface area contributed by atoms with Crippen LogP contribution in [0, 0.1) is 5.92 Å². The van der Waals surface area contributed by atoms with Crippen LogP contribution in [0.4, 0.5) is 0 Å². The Hall–Kier alpha value is -0.570. The summed E-state index contributed by atoms with van der Waals surface area (Å²) in [6, 6.07) is 8.20. The Balaban J connectivity index is 1.78. The minimum Gasteiger partial charge on any atom is -0.300 e. The van der Waals surface area contributed by atoms with Gasteiger partial charge in [-0.05, 0) is 23.6 Å². The fourth-order valence-corrected chi connectivity index (χ4v) is 2.53. The van der Waals surface area contributed by atoms with Crippen molar-refractivity contribution >= 4 is 11.6 Å². The van der Waals surface area contributed by atoms with Gasteiger partial charge in [-0.1, -0.05) is 37.6 Å². The van der Waals surface area contributed by atoms with Gasteiger partial charge in [-0.25, -0.2) is 0 Å². The molecule has 1 aliphatic heterocycles. The van der Waals surface area contributed by atoms with Gasteiger partial charge in [0, 0.05) is 44.3 Å². The molecule has 1 aromatic carbocycles. The first-order valence-electron chi connectivity index (χ1n) is 6.61. The van der Waals surface area contributed by atoms with Crippen molar-refractivity contribution in [3.8, 4) is 0 Å². The molecule has 2 nitrogen and oxygen atoms in total. The Labute approximate surface area is 116 Å². The number of halogens is 1. The van der Waals surface area contributed by atoms with E-state index in [-0.39, 0.29) is 0 Å². The summed E-state index contributed by atoms with van der Waals surface area (Å²) in [7, 11) is 0. The summed E-state index contributed by atoms with van der Waals surface area (Å²) in [6.07, 6.45) is 0. The van der Waals surface area contributed by atoms with Crippen LogP contribution in [0.15, 0.2) is 24.3 Å². The molecule has 3 heteroatoms. The summed E-state index contributed by atoms with van der Waals surface area (Å²) in [6.45, 7) is 11.3. The van der Waals surface area contributed by atoms with E-state index in [4.69, 9.17) is 11.6 Å². The Bertz CT molecular complexity index is 353. The maximum atomic E-state index is 5.90. The molecule has 1 aromatic rings. The molecule has 2 rings (SSSR count). The molecule has 1 aliphatic rings. The molecule has 0 saturated carbocycles. The van der Waals surface area contributed by atoms with Crippen molar-refractivity contribution in [1.82, 2.24) is 9.80 Å². The standard InChI is InChI=1S/C15H22ClN2/c1-13(2)11-17-7-9-18(10-8-17)12-14-3-5-15(16)6-4-14/h3-6H,7-12H2,1-2H3. The van der Waals surface area contributed by atoms with Gasteiger partial charge in [0.25, 0.3) is 0 Å². The molecule has 1 fully saturated rings. The number of hydrogen-bond donors (Lipinski definition) is 0. The fraction of sp³-hybridized carbons (Fsp3) is 0.533. The molecular weight excluding hydrogens is 244 g/mol. The zero-order chi connectivity index (χ0) is 13.0. The smallest absolute Gasteiger partial charge is 0.0406 e. The first-order valence-corrected chi connectivity index (χ1v) is 6.99. The number of rotatable bonds is 4. The Kier molecular flexibility index (Phi) is 5.04. The zero-order valence-corrected chi connectivity index (χ0v) is 12.1. The molecule has 18 heavy (non-hydrogen) atoms. The highest BCUT2D eigenvalue weighted by molar-refractivity contribution is 6.30. The first-order chi connectivity index (χ1) is 8.63. The molecule has 0 unspecified atom stereocenters. The minimum absolute atomic E-state index is 0.817. The van der Waals surface area contributed by atoms with Gasteiger partial charge in [0.15, 0.2) is 0 Å². The van der Waals surface area contributed by atoms with Crippen molar-refractivity contribution in [2.45, 2.75) is 20.4 Å². The van der Waals surface area contributed by atoms with Crippen LogP contribution in [-0.4, -0.2) is 42.5 Å². The van der Waals surface area contributed by atoms with E-state index < -0.39 is 0 Å². The van der Waals surface area contributed by atoms with E-state index in [0.29, 0.717) is 0 Å². The number of nitrogens with zero attached hydrogens (tertiary/aromatic N) is 2. The topological polar surface area (TPSA) is 6.48 Å². The second-order valence-electron chi connectivity index (χ2n) is 5.39. The van der Waals surface area contributed by atoms with Crippen molar-refractivity contribution in [2.75, 3.05) is 32.7 Å². The van der Waals surface area contributed by atoms with Crippen molar-refractivity contribution < 1.29 is 0 Å². The maximum absolute atomic E-state index is 5.90. The molecule has 0 aliphatic carbocycles. The third-order valence-corrected chi connectivity index (χ3v) is 3.58. The molecule has 99 valence electrons.